The molecule has 0 aromatic heterocycles. The van der Waals surface area contributed by atoms with Gasteiger partial charge in [-0.15, -0.1) is 0 Å². The molecule has 2 heteroatoms. The number of nitrogens with two attached hydrogens (primary N) is 1. The Bertz CT molecular complexity index is 363. The number of benzene rings is 1. The number of ether oxygens (including phenoxy) is 1. The average Bonchev–Trinajstić information content (AvgIpc) is 2.72. The summed E-state index contributed by atoms with van der Waals surface area (Å²) in [5.74, 6) is 0. The molecular formula is C17H27NO. The van der Waals surface area contributed by atoms with Crippen molar-refractivity contribution in [2.24, 2.45) is 5.73 Å². The second-order valence-electron chi connectivity index (χ2n) is 5.76. The van der Waals surface area contributed by atoms with Crippen LogP contribution in [0.3, 0.4) is 0 Å². The molecule has 0 spiro atoms. The fourth-order valence-corrected chi connectivity index (χ4v) is 2.89. The van der Waals surface area contributed by atoms with Gasteiger partial charge in [0.2, 0.25) is 0 Å². The van der Waals surface area contributed by atoms with E-state index in [0.29, 0.717) is 13.2 Å². The number of rotatable bonds is 5. The first-order valence-corrected chi connectivity index (χ1v) is 7.70. The quantitative estimate of drug-likeness (QED) is 0.818. The molecule has 1 aromatic rings. The Hall–Kier alpha value is -0.860. The summed E-state index contributed by atoms with van der Waals surface area (Å²) >= 11 is 0. The van der Waals surface area contributed by atoms with Gasteiger partial charge < -0.3 is 10.5 Å². The van der Waals surface area contributed by atoms with Crippen LogP contribution in [0.1, 0.15) is 56.6 Å². The first kappa shape index (κ1) is 14.5. The van der Waals surface area contributed by atoms with Crippen LogP contribution < -0.4 is 5.73 Å². The molecule has 0 aliphatic heterocycles. The molecule has 0 saturated heterocycles. The fourth-order valence-electron chi connectivity index (χ4n) is 2.89. The number of hydrogen-bond donors (Lipinski definition) is 1. The van der Waals surface area contributed by atoms with Gasteiger partial charge in [-0.3, -0.25) is 0 Å². The second-order valence-corrected chi connectivity index (χ2v) is 5.76. The van der Waals surface area contributed by atoms with E-state index in [1.165, 1.54) is 36.8 Å². The topological polar surface area (TPSA) is 35.2 Å². The molecule has 1 saturated carbocycles. The minimum atomic E-state index is -0.0695. The SMILES string of the molecule is CCc1ccc(COC2(CN)CCCCCC2)cc1. The third-order valence-corrected chi connectivity index (χ3v) is 4.36. The standard InChI is InChI=1S/C17H27NO/c1-2-15-7-9-16(10-8-15)13-19-17(14-18)11-5-3-4-6-12-17/h7-10H,2-6,11-14,18H2,1H3. The predicted molar refractivity (Wildman–Crippen MR) is 80.1 cm³/mol. The Morgan fingerprint density at radius 1 is 1.00 bits per heavy atom. The second kappa shape index (κ2) is 7.06. The van der Waals surface area contributed by atoms with E-state index in [9.17, 15) is 0 Å². The summed E-state index contributed by atoms with van der Waals surface area (Å²) in [6, 6.07) is 8.75. The molecule has 1 aromatic carbocycles. The van der Waals surface area contributed by atoms with Crippen molar-refractivity contribution < 1.29 is 4.74 Å². The number of hydrogen-bond acceptors (Lipinski definition) is 2. The van der Waals surface area contributed by atoms with Gasteiger partial charge in [0.25, 0.3) is 0 Å². The van der Waals surface area contributed by atoms with Crippen LogP contribution in [0, 0.1) is 0 Å². The maximum atomic E-state index is 6.23. The maximum absolute atomic E-state index is 6.23. The normalized spacial score (nSPS) is 19.1. The van der Waals surface area contributed by atoms with Crippen LogP contribution in [0.4, 0.5) is 0 Å². The van der Waals surface area contributed by atoms with Gasteiger partial charge in [0.15, 0.2) is 0 Å². The summed E-state index contributed by atoms with van der Waals surface area (Å²) in [5.41, 5.74) is 8.56. The molecular weight excluding hydrogens is 234 g/mol. The van der Waals surface area contributed by atoms with Crippen molar-refractivity contribution in [2.75, 3.05) is 6.54 Å². The molecule has 0 heterocycles. The van der Waals surface area contributed by atoms with Gasteiger partial charge in [0.05, 0.1) is 12.2 Å². The van der Waals surface area contributed by atoms with E-state index in [0.717, 1.165) is 19.3 Å². The van der Waals surface area contributed by atoms with E-state index in [-0.39, 0.29) is 5.60 Å². The molecule has 106 valence electrons. The number of aryl methyl sites for hydroxylation is 1. The van der Waals surface area contributed by atoms with Gasteiger partial charge in [0, 0.05) is 6.54 Å². The Labute approximate surface area is 117 Å². The van der Waals surface area contributed by atoms with E-state index >= 15 is 0 Å². The van der Waals surface area contributed by atoms with Gasteiger partial charge in [0.1, 0.15) is 0 Å². The summed E-state index contributed by atoms with van der Waals surface area (Å²) < 4.78 is 6.23. The molecule has 2 N–H and O–H groups in total. The van der Waals surface area contributed by atoms with E-state index < -0.39 is 0 Å². The van der Waals surface area contributed by atoms with E-state index in [2.05, 4.69) is 31.2 Å². The largest absolute Gasteiger partial charge is 0.369 e. The molecule has 2 nitrogen and oxygen atoms in total. The van der Waals surface area contributed by atoms with Crippen molar-refractivity contribution in [2.45, 2.75) is 64.1 Å². The summed E-state index contributed by atoms with van der Waals surface area (Å²) in [5, 5.41) is 0. The Morgan fingerprint density at radius 3 is 2.11 bits per heavy atom. The molecule has 0 bridgehead atoms. The zero-order valence-electron chi connectivity index (χ0n) is 12.2. The van der Waals surface area contributed by atoms with Crippen LogP contribution >= 0.6 is 0 Å². The third-order valence-electron chi connectivity index (χ3n) is 4.36. The minimum Gasteiger partial charge on any atom is -0.369 e. The fraction of sp³-hybridized carbons (Fsp3) is 0.647. The van der Waals surface area contributed by atoms with E-state index in [1.807, 2.05) is 0 Å². The summed E-state index contributed by atoms with van der Waals surface area (Å²) in [6.07, 6.45) is 8.51. The van der Waals surface area contributed by atoms with Gasteiger partial charge in [-0.1, -0.05) is 56.9 Å². The highest BCUT2D eigenvalue weighted by atomic mass is 16.5. The summed E-state index contributed by atoms with van der Waals surface area (Å²) in [4.78, 5) is 0. The molecule has 19 heavy (non-hydrogen) atoms. The molecule has 1 fully saturated rings. The minimum absolute atomic E-state index is 0.0695. The van der Waals surface area contributed by atoms with Gasteiger partial charge in [-0.25, -0.2) is 0 Å². The highest BCUT2D eigenvalue weighted by molar-refractivity contribution is 5.21. The summed E-state index contributed by atoms with van der Waals surface area (Å²) in [7, 11) is 0. The third kappa shape index (κ3) is 4.05. The smallest absolute Gasteiger partial charge is 0.0808 e. The Kier molecular flexibility index (Phi) is 5.41. The molecule has 0 radical (unpaired) electrons. The predicted octanol–water partition coefficient (Wildman–Crippen LogP) is 3.82. The van der Waals surface area contributed by atoms with Crippen molar-refractivity contribution in [3.05, 3.63) is 35.4 Å². The molecule has 0 atom stereocenters. The summed E-state index contributed by atoms with van der Waals surface area (Å²) in [6.45, 7) is 3.53. The molecule has 0 amide bonds. The lowest BCUT2D eigenvalue weighted by Gasteiger charge is -2.31. The highest BCUT2D eigenvalue weighted by Gasteiger charge is 2.30. The van der Waals surface area contributed by atoms with Crippen LogP contribution in [0.25, 0.3) is 0 Å². The van der Waals surface area contributed by atoms with Crippen molar-refractivity contribution in [1.29, 1.82) is 0 Å². The van der Waals surface area contributed by atoms with E-state index in [4.69, 9.17) is 10.5 Å². The molecule has 0 unspecified atom stereocenters. The highest BCUT2D eigenvalue weighted by Crippen LogP contribution is 2.30. The zero-order chi connectivity index (χ0) is 13.6. The maximum Gasteiger partial charge on any atom is 0.0808 e. The lowest BCUT2D eigenvalue weighted by atomic mass is 9.94. The van der Waals surface area contributed by atoms with Crippen molar-refractivity contribution in [3.8, 4) is 0 Å². The van der Waals surface area contributed by atoms with Crippen LogP contribution in [0.2, 0.25) is 0 Å². The van der Waals surface area contributed by atoms with E-state index in [1.54, 1.807) is 0 Å². The molecule has 2 rings (SSSR count). The average molecular weight is 261 g/mol. The van der Waals surface area contributed by atoms with Crippen molar-refractivity contribution in [1.82, 2.24) is 0 Å². The monoisotopic (exact) mass is 261 g/mol. The first-order valence-electron chi connectivity index (χ1n) is 7.70. The Balaban J connectivity index is 1.94. The lowest BCUT2D eigenvalue weighted by Crippen LogP contribution is -2.40. The van der Waals surface area contributed by atoms with Gasteiger partial charge in [-0.05, 0) is 30.4 Å². The van der Waals surface area contributed by atoms with Crippen LogP contribution in [-0.2, 0) is 17.8 Å². The van der Waals surface area contributed by atoms with Crippen molar-refractivity contribution in [3.63, 3.8) is 0 Å². The van der Waals surface area contributed by atoms with Crippen LogP contribution in [0.5, 0.6) is 0 Å². The van der Waals surface area contributed by atoms with Gasteiger partial charge >= 0.3 is 0 Å². The molecule has 1 aliphatic carbocycles. The first-order chi connectivity index (χ1) is 9.28. The lowest BCUT2D eigenvalue weighted by molar-refractivity contribution is -0.0602. The molecule has 1 aliphatic rings. The van der Waals surface area contributed by atoms with Gasteiger partial charge in [-0.2, -0.15) is 0 Å². The Morgan fingerprint density at radius 2 is 1.58 bits per heavy atom. The van der Waals surface area contributed by atoms with Crippen molar-refractivity contribution >= 4 is 0 Å². The van der Waals surface area contributed by atoms with Crippen LogP contribution in [0.15, 0.2) is 24.3 Å². The van der Waals surface area contributed by atoms with Crippen LogP contribution in [-0.4, -0.2) is 12.1 Å². The zero-order valence-corrected chi connectivity index (χ0v) is 12.2.